The maximum Gasteiger partial charge on any atom is 0.416 e. The molecule has 2 saturated heterocycles. The number of imide groups is 1. The molecule has 0 N–H and O–H groups in total. The molecule has 0 spiro atoms. The summed E-state index contributed by atoms with van der Waals surface area (Å²) in [6.45, 7) is 13.1. The van der Waals surface area contributed by atoms with Crippen LogP contribution in [-0.2, 0) is 23.7 Å². The molecule has 13 heteroatoms. The number of hydrogen-bond acceptors (Lipinski definition) is 5. The van der Waals surface area contributed by atoms with E-state index < -0.39 is 35.9 Å². The zero-order valence-corrected chi connectivity index (χ0v) is 25.3. The molecule has 2 unspecified atom stereocenters. The molecule has 2 aliphatic heterocycles. The van der Waals surface area contributed by atoms with Crippen molar-refractivity contribution in [3.63, 3.8) is 0 Å². The predicted molar refractivity (Wildman–Crippen MR) is 161 cm³/mol. The first-order valence-corrected chi connectivity index (χ1v) is 15.0. The fraction of sp³-hybridized carbons (Fsp3) is 0.344. The molecule has 2 aromatic carbocycles. The average molecular weight is 649 g/mol. The topological polar surface area (TPSA) is 58.4 Å². The zero-order chi connectivity index (χ0) is 32.8. The van der Waals surface area contributed by atoms with Crippen molar-refractivity contribution in [2.45, 2.75) is 51.2 Å². The van der Waals surface area contributed by atoms with Crippen LogP contribution in [0.1, 0.15) is 42.5 Å². The number of fused-ring (bicyclic) bond motifs is 1. The number of halogens is 6. The van der Waals surface area contributed by atoms with Crippen LogP contribution in [0, 0.1) is 5.92 Å². The van der Waals surface area contributed by atoms with Gasteiger partial charge in [-0.25, -0.2) is 0 Å². The minimum absolute atomic E-state index is 0.106. The Balaban J connectivity index is 1.39. The van der Waals surface area contributed by atoms with Crippen molar-refractivity contribution in [1.29, 1.82) is 0 Å². The van der Waals surface area contributed by atoms with E-state index in [0.717, 1.165) is 29.9 Å². The maximum atomic E-state index is 13.7. The number of piperidine rings is 1. The summed E-state index contributed by atoms with van der Waals surface area (Å²) in [7, 11) is 0. The first kappa shape index (κ1) is 32.6. The van der Waals surface area contributed by atoms with Gasteiger partial charge in [0.15, 0.2) is 0 Å². The first-order chi connectivity index (χ1) is 21.1. The minimum atomic E-state index is -5.00. The Morgan fingerprint density at radius 2 is 1.82 bits per heavy atom. The third kappa shape index (κ3) is 6.60. The molecule has 2 fully saturated rings. The molecule has 6 nitrogen and oxygen atoms in total. The molecule has 3 aromatic rings. The van der Waals surface area contributed by atoms with E-state index >= 15 is 0 Å². The third-order valence-corrected chi connectivity index (χ3v) is 9.14. The van der Waals surface area contributed by atoms with Gasteiger partial charge >= 0.3 is 12.4 Å². The number of rotatable bonds is 7. The number of thioether (sulfide) groups is 1. The van der Waals surface area contributed by atoms with Crippen LogP contribution in [0.5, 0.6) is 0 Å². The van der Waals surface area contributed by atoms with Crippen molar-refractivity contribution in [1.82, 2.24) is 19.6 Å². The van der Waals surface area contributed by atoms with E-state index in [9.17, 15) is 35.9 Å². The largest absolute Gasteiger partial charge is 0.416 e. The lowest BCUT2D eigenvalue weighted by molar-refractivity contribution is -0.143. The molecule has 2 amide bonds. The van der Waals surface area contributed by atoms with Crippen LogP contribution < -0.4 is 0 Å². The van der Waals surface area contributed by atoms with Gasteiger partial charge in [0.05, 0.1) is 40.3 Å². The first-order valence-electron chi connectivity index (χ1n) is 14.1. The second-order valence-corrected chi connectivity index (χ2v) is 12.4. The molecular formula is C32H30F6N4O2S. The van der Waals surface area contributed by atoms with Gasteiger partial charge in [0, 0.05) is 30.4 Å². The lowest BCUT2D eigenvalue weighted by atomic mass is 9.84. The van der Waals surface area contributed by atoms with Crippen LogP contribution in [0.4, 0.5) is 31.1 Å². The van der Waals surface area contributed by atoms with Crippen LogP contribution in [0.15, 0.2) is 72.3 Å². The Bertz CT molecular complexity index is 1710. The van der Waals surface area contributed by atoms with Gasteiger partial charge in [-0.3, -0.25) is 19.2 Å². The highest BCUT2D eigenvalue weighted by atomic mass is 32.2. The van der Waals surface area contributed by atoms with E-state index in [1.807, 2.05) is 0 Å². The van der Waals surface area contributed by atoms with E-state index in [4.69, 9.17) is 0 Å². The quantitative estimate of drug-likeness (QED) is 0.148. The van der Waals surface area contributed by atoms with E-state index in [-0.39, 0.29) is 33.7 Å². The lowest BCUT2D eigenvalue weighted by Gasteiger charge is -2.43. The normalized spacial score (nSPS) is 21.0. The molecular weight excluding hydrogens is 618 g/mol. The summed E-state index contributed by atoms with van der Waals surface area (Å²) in [5, 5.41) is 4.32. The Morgan fingerprint density at radius 1 is 1.09 bits per heavy atom. The van der Waals surface area contributed by atoms with Gasteiger partial charge in [-0.15, -0.1) is 0 Å². The van der Waals surface area contributed by atoms with E-state index in [1.54, 1.807) is 30.4 Å². The highest BCUT2D eigenvalue weighted by Crippen LogP contribution is 2.40. The standard InChI is InChI=1S/C32H30F6N4O2S/c1-5-19(4)24-17-40(18(2)3)11-10-27(24)42-29(43)28(45-30(42)44)13-20-6-9-26-22(12-20)15-39-41(26)16-21-7-8-23(31(33,34)35)14-25(21)32(36,37)38/h5-9,12-15,18,24,27H,1,4,10-11,16-17H2,2-3H3. The number of nitrogens with zero attached hydrogens (tertiary/aromatic N) is 4. The van der Waals surface area contributed by atoms with Crippen LogP contribution in [0.25, 0.3) is 17.0 Å². The van der Waals surface area contributed by atoms with Crippen LogP contribution >= 0.6 is 11.8 Å². The van der Waals surface area contributed by atoms with Gasteiger partial charge in [-0.05, 0) is 79.1 Å². The second kappa shape index (κ2) is 12.2. The van der Waals surface area contributed by atoms with Crippen molar-refractivity contribution >= 4 is 39.9 Å². The maximum absolute atomic E-state index is 13.7. The van der Waals surface area contributed by atoms with Gasteiger partial charge in [0.25, 0.3) is 11.1 Å². The van der Waals surface area contributed by atoms with E-state index in [2.05, 4.69) is 37.0 Å². The number of hydrogen-bond donors (Lipinski definition) is 0. The predicted octanol–water partition coefficient (Wildman–Crippen LogP) is 8.00. The number of carbonyl (C=O) groups is 2. The number of allylic oxidation sites excluding steroid dienone is 1. The monoisotopic (exact) mass is 648 g/mol. The van der Waals surface area contributed by atoms with E-state index in [1.165, 1.54) is 15.8 Å². The third-order valence-electron chi connectivity index (χ3n) is 8.26. The molecule has 5 rings (SSSR count). The zero-order valence-electron chi connectivity index (χ0n) is 24.5. The molecule has 2 aliphatic rings. The van der Waals surface area contributed by atoms with Gasteiger partial charge in [-0.1, -0.05) is 31.4 Å². The average Bonchev–Trinajstić information content (AvgIpc) is 3.49. The summed E-state index contributed by atoms with van der Waals surface area (Å²) in [6, 6.07) is 6.37. The molecule has 0 bridgehead atoms. The highest BCUT2D eigenvalue weighted by Gasteiger charge is 2.45. The van der Waals surface area contributed by atoms with Gasteiger partial charge < -0.3 is 4.90 Å². The number of aromatic nitrogens is 2. The van der Waals surface area contributed by atoms with Crippen molar-refractivity contribution in [3.05, 3.63) is 94.6 Å². The van der Waals surface area contributed by atoms with Crippen LogP contribution in [0.2, 0.25) is 0 Å². The van der Waals surface area contributed by atoms with Crippen molar-refractivity contribution in [3.8, 4) is 0 Å². The number of likely N-dealkylation sites (tertiary alicyclic amines) is 1. The van der Waals surface area contributed by atoms with Crippen molar-refractivity contribution in [2.75, 3.05) is 13.1 Å². The Labute approximate surface area is 260 Å². The Kier molecular flexibility index (Phi) is 8.80. The van der Waals surface area contributed by atoms with Gasteiger partial charge in [-0.2, -0.15) is 31.4 Å². The molecule has 238 valence electrons. The van der Waals surface area contributed by atoms with Crippen molar-refractivity contribution < 1.29 is 35.9 Å². The summed E-state index contributed by atoms with van der Waals surface area (Å²) in [5.74, 6) is -0.566. The Hall–Kier alpha value is -3.84. The molecule has 2 atom stereocenters. The fourth-order valence-corrected chi connectivity index (χ4v) is 6.70. The Morgan fingerprint density at radius 3 is 2.47 bits per heavy atom. The number of alkyl halides is 6. The molecule has 3 heterocycles. The smallest absolute Gasteiger partial charge is 0.300 e. The van der Waals surface area contributed by atoms with E-state index in [0.29, 0.717) is 41.5 Å². The number of amides is 2. The summed E-state index contributed by atoms with van der Waals surface area (Å²) in [5.41, 5.74) is -1.37. The fourth-order valence-electron chi connectivity index (χ4n) is 5.81. The molecule has 0 radical (unpaired) electrons. The van der Waals surface area contributed by atoms with Crippen molar-refractivity contribution in [2.24, 2.45) is 5.92 Å². The highest BCUT2D eigenvalue weighted by molar-refractivity contribution is 8.18. The van der Waals surface area contributed by atoms with Gasteiger partial charge in [0.2, 0.25) is 0 Å². The molecule has 0 saturated carbocycles. The molecule has 0 aliphatic carbocycles. The minimum Gasteiger partial charge on any atom is -0.300 e. The molecule has 1 aromatic heterocycles. The number of carbonyl (C=O) groups excluding carboxylic acids is 2. The summed E-state index contributed by atoms with van der Waals surface area (Å²) < 4.78 is 81.5. The summed E-state index contributed by atoms with van der Waals surface area (Å²) in [6.07, 6.45) is -4.66. The lowest BCUT2D eigenvalue weighted by Crippen LogP contribution is -2.54. The second-order valence-electron chi connectivity index (χ2n) is 11.4. The van der Waals surface area contributed by atoms with Crippen LogP contribution in [-0.4, -0.2) is 55.9 Å². The summed E-state index contributed by atoms with van der Waals surface area (Å²) in [4.78, 5) is 30.5. The van der Waals surface area contributed by atoms with Gasteiger partial charge in [0.1, 0.15) is 0 Å². The summed E-state index contributed by atoms with van der Waals surface area (Å²) >= 11 is 0.840. The SMILES string of the molecule is C=CC(=C)C1CN(C(C)C)CCC1N1C(=O)SC(=Cc2ccc3c(cnn3Cc3ccc(C(F)(F)F)cc3C(F)(F)F)c2)C1=O. The molecule has 45 heavy (non-hydrogen) atoms. The number of benzene rings is 2. The van der Waals surface area contributed by atoms with Crippen LogP contribution in [0.3, 0.4) is 0 Å².